The molecule has 0 spiro atoms. The maximum atomic E-state index is 10.1. The van der Waals surface area contributed by atoms with Crippen molar-refractivity contribution in [2.45, 2.75) is 18.9 Å². The lowest BCUT2D eigenvalue weighted by atomic mass is 10.2. The SMILES string of the molecule is C#CCC(CC(=O)O)OP. The summed E-state index contributed by atoms with van der Waals surface area (Å²) in [5, 5.41) is 8.28. The highest BCUT2D eigenvalue weighted by molar-refractivity contribution is 7.09. The molecule has 0 bridgehead atoms. The first-order valence-corrected chi connectivity index (χ1v) is 3.18. The molecule has 0 saturated heterocycles. The second kappa shape index (κ2) is 5.22. The smallest absolute Gasteiger partial charge is 0.306 e. The molecule has 0 aliphatic rings. The first-order chi connectivity index (χ1) is 4.70. The molecule has 1 N–H and O–H groups in total. The Morgan fingerprint density at radius 2 is 2.50 bits per heavy atom. The van der Waals surface area contributed by atoms with Crippen molar-refractivity contribution in [1.29, 1.82) is 0 Å². The van der Waals surface area contributed by atoms with Crippen molar-refractivity contribution < 1.29 is 14.4 Å². The summed E-state index contributed by atoms with van der Waals surface area (Å²) in [4.78, 5) is 10.1. The molecule has 3 nitrogen and oxygen atoms in total. The average molecular weight is 160 g/mol. The van der Waals surface area contributed by atoms with Gasteiger partial charge in [-0.1, -0.05) is 0 Å². The van der Waals surface area contributed by atoms with Gasteiger partial charge in [0.15, 0.2) is 0 Å². The van der Waals surface area contributed by atoms with Crippen molar-refractivity contribution in [2.75, 3.05) is 0 Å². The minimum Gasteiger partial charge on any atom is -0.481 e. The Hall–Kier alpha value is -0.580. The molecular formula is C6H9O3P. The van der Waals surface area contributed by atoms with Crippen molar-refractivity contribution in [3.8, 4) is 12.3 Å². The third-order valence-corrected chi connectivity index (χ3v) is 1.33. The van der Waals surface area contributed by atoms with E-state index in [0.29, 0.717) is 6.42 Å². The Morgan fingerprint density at radius 1 is 1.90 bits per heavy atom. The van der Waals surface area contributed by atoms with Crippen molar-refractivity contribution in [3.63, 3.8) is 0 Å². The minimum atomic E-state index is -0.900. The molecule has 0 saturated carbocycles. The summed E-state index contributed by atoms with van der Waals surface area (Å²) < 4.78 is 4.69. The lowest BCUT2D eigenvalue weighted by molar-refractivity contribution is -0.138. The fraction of sp³-hybridized carbons (Fsp3) is 0.500. The summed E-state index contributed by atoms with van der Waals surface area (Å²) in [6, 6.07) is 0. The van der Waals surface area contributed by atoms with Gasteiger partial charge in [-0.05, 0) is 0 Å². The van der Waals surface area contributed by atoms with E-state index in [2.05, 4.69) is 5.92 Å². The predicted octanol–water partition coefficient (Wildman–Crippen LogP) is 0.660. The van der Waals surface area contributed by atoms with E-state index in [1.165, 1.54) is 0 Å². The van der Waals surface area contributed by atoms with Gasteiger partial charge >= 0.3 is 5.97 Å². The summed E-state index contributed by atoms with van der Waals surface area (Å²) in [5.74, 6) is 1.42. The molecule has 2 atom stereocenters. The van der Waals surface area contributed by atoms with Crippen LogP contribution in [0.2, 0.25) is 0 Å². The van der Waals surface area contributed by atoms with E-state index in [9.17, 15) is 4.79 Å². The van der Waals surface area contributed by atoms with Crippen LogP contribution in [-0.2, 0) is 9.32 Å². The van der Waals surface area contributed by atoms with E-state index < -0.39 is 5.97 Å². The molecule has 0 fully saturated rings. The molecule has 0 rings (SSSR count). The highest BCUT2D eigenvalue weighted by atomic mass is 31.0. The highest BCUT2D eigenvalue weighted by Crippen LogP contribution is 2.06. The Morgan fingerprint density at radius 3 is 2.80 bits per heavy atom. The van der Waals surface area contributed by atoms with Gasteiger partial charge in [-0.15, -0.1) is 12.3 Å². The number of carboxylic acid groups (broad SMARTS) is 1. The first-order valence-electron chi connectivity index (χ1n) is 2.71. The van der Waals surface area contributed by atoms with Crippen molar-refractivity contribution in [3.05, 3.63) is 0 Å². The van der Waals surface area contributed by atoms with Crippen LogP contribution in [0, 0.1) is 12.3 Å². The van der Waals surface area contributed by atoms with Crippen LogP contribution in [0.25, 0.3) is 0 Å². The zero-order chi connectivity index (χ0) is 7.98. The molecule has 0 aliphatic carbocycles. The first kappa shape index (κ1) is 9.42. The zero-order valence-electron chi connectivity index (χ0n) is 5.41. The third-order valence-electron chi connectivity index (χ3n) is 0.940. The van der Waals surface area contributed by atoms with Crippen molar-refractivity contribution >= 4 is 15.4 Å². The monoisotopic (exact) mass is 160 g/mol. The number of terminal acetylenes is 1. The average Bonchev–Trinajstić information content (AvgIpc) is 1.86. The molecule has 0 amide bonds. The number of rotatable bonds is 4. The maximum absolute atomic E-state index is 10.1. The maximum Gasteiger partial charge on any atom is 0.306 e. The Kier molecular flexibility index (Phi) is 4.92. The molecule has 2 unspecified atom stereocenters. The topological polar surface area (TPSA) is 46.5 Å². The molecule has 0 aromatic rings. The second-order valence-corrected chi connectivity index (χ2v) is 2.04. The second-order valence-electron chi connectivity index (χ2n) is 1.76. The molecule has 56 valence electrons. The van der Waals surface area contributed by atoms with Crippen molar-refractivity contribution in [2.24, 2.45) is 0 Å². The summed E-state index contributed by atoms with van der Waals surface area (Å²) in [6.45, 7) is 0. The highest BCUT2D eigenvalue weighted by Gasteiger charge is 2.09. The predicted molar refractivity (Wildman–Crippen MR) is 40.3 cm³/mol. The van der Waals surface area contributed by atoms with Gasteiger partial charge in [0.1, 0.15) is 0 Å². The normalized spacial score (nSPS) is 12.0. The summed E-state index contributed by atoms with van der Waals surface area (Å²) in [5.41, 5.74) is 0. The Balaban J connectivity index is 3.62. The fourth-order valence-corrected chi connectivity index (χ4v) is 0.687. The van der Waals surface area contributed by atoms with Crippen LogP contribution in [0.15, 0.2) is 0 Å². The number of hydrogen-bond acceptors (Lipinski definition) is 2. The van der Waals surface area contributed by atoms with Crippen LogP contribution < -0.4 is 0 Å². The standard InChI is InChI=1S/C6H9O3P/c1-2-3-5(9-10)4-6(7)8/h1,5H,3-4,10H2,(H,7,8). The molecule has 0 heterocycles. The van der Waals surface area contributed by atoms with Gasteiger partial charge in [-0.2, -0.15) is 0 Å². The largest absolute Gasteiger partial charge is 0.481 e. The van der Waals surface area contributed by atoms with E-state index in [0.717, 1.165) is 0 Å². The molecule has 0 aliphatic heterocycles. The van der Waals surface area contributed by atoms with Crippen molar-refractivity contribution in [1.82, 2.24) is 0 Å². The van der Waals surface area contributed by atoms with Crippen LogP contribution in [0.3, 0.4) is 0 Å². The van der Waals surface area contributed by atoms with Gasteiger partial charge in [0, 0.05) is 15.9 Å². The fourth-order valence-electron chi connectivity index (χ4n) is 0.495. The zero-order valence-corrected chi connectivity index (χ0v) is 6.56. The van der Waals surface area contributed by atoms with Crippen LogP contribution in [-0.4, -0.2) is 17.2 Å². The van der Waals surface area contributed by atoms with Gasteiger partial charge in [0.05, 0.1) is 12.5 Å². The van der Waals surface area contributed by atoms with E-state index in [1.54, 1.807) is 0 Å². The van der Waals surface area contributed by atoms with Crippen LogP contribution in [0.1, 0.15) is 12.8 Å². The Bertz CT molecular complexity index is 150. The number of aliphatic carboxylic acids is 1. The lowest BCUT2D eigenvalue weighted by Gasteiger charge is -2.07. The Labute approximate surface area is 62.0 Å². The molecule has 0 aromatic heterocycles. The summed E-state index contributed by atoms with van der Waals surface area (Å²) >= 11 is 0. The van der Waals surface area contributed by atoms with Gasteiger partial charge in [0.25, 0.3) is 0 Å². The molecule has 10 heavy (non-hydrogen) atoms. The van der Waals surface area contributed by atoms with E-state index in [1.807, 2.05) is 9.47 Å². The van der Waals surface area contributed by atoms with Crippen LogP contribution in [0.4, 0.5) is 0 Å². The van der Waals surface area contributed by atoms with E-state index in [-0.39, 0.29) is 12.5 Å². The van der Waals surface area contributed by atoms with Crippen LogP contribution >= 0.6 is 9.47 Å². The van der Waals surface area contributed by atoms with Gasteiger partial charge < -0.3 is 9.63 Å². The number of carbonyl (C=O) groups is 1. The van der Waals surface area contributed by atoms with Gasteiger partial charge in [-0.25, -0.2) is 0 Å². The minimum absolute atomic E-state index is 0.0479. The molecule has 4 heteroatoms. The quantitative estimate of drug-likeness (QED) is 0.485. The van der Waals surface area contributed by atoms with E-state index >= 15 is 0 Å². The van der Waals surface area contributed by atoms with Gasteiger partial charge in [-0.3, -0.25) is 4.79 Å². The van der Waals surface area contributed by atoms with Gasteiger partial charge in [0.2, 0.25) is 0 Å². The number of hydrogen-bond donors (Lipinski definition) is 1. The summed E-state index contributed by atoms with van der Waals surface area (Å²) in [6.07, 6.45) is 4.85. The van der Waals surface area contributed by atoms with E-state index in [4.69, 9.17) is 16.1 Å². The van der Waals surface area contributed by atoms with Crippen LogP contribution in [0.5, 0.6) is 0 Å². The lowest BCUT2D eigenvalue weighted by Crippen LogP contribution is -2.12. The molecular weight excluding hydrogens is 151 g/mol. The third kappa shape index (κ3) is 4.31. The molecule has 0 aromatic carbocycles. The summed E-state index contributed by atoms with van der Waals surface area (Å²) in [7, 11) is 2.00. The molecule has 0 radical (unpaired) electrons. The number of carboxylic acids is 1.